The highest BCUT2D eigenvalue weighted by Crippen LogP contribution is 2.19. The summed E-state index contributed by atoms with van der Waals surface area (Å²) in [6.45, 7) is 8.16. The Morgan fingerprint density at radius 2 is 2.18 bits per heavy atom. The largest absolute Gasteiger partial charge is 0.379 e. The first-order valence-electron chi connectivity index (χ1n) is 5.77. The van der Waals surface area contributed by atoms with Crippen molar-refractivity contribution in [1.29, 1.82) is 0 Å². The van der Waals surface area contributed by atoms with Gasteiger partial charge in [-0.1, -0.05) is 4.49 Å². The number of nitrogens with one attached hydrogen (secondary N) is 1. The zero-order valence-electron chi connectivity index (χ0n) is 10.9. The van der Waals surface area contributed by atoms with Crippen molar-refractivity contribution in [1.82, 2.24) is 9.59 Å². The van der Waals surface area contributed by atoms with Crippen LogP contribution in [0.25, 0.3) is 0 Å². The molecule has 0 saturated carbocycles. The molecule has 0 bridgehead atoms. The van der Waals surface area contributed by atoms with E-state index in [0.29, 0.717) is 13.2 Å². The van der Waals surface area contributed by atoms with E-state index in [1.165, 1.54) is 11.5 Å². The highest BCUT2D eigenvalue weighted by atomic mass is 32.1. The van der Waals surface area contributed by atoms with Gasteiger partial charge in [-0.25, -0.2) is 0 Å². The molecule has 1 aromatic rings. The monoisotopic (exact) mass is 259 g/mol. The molecule has 1 rings (SSSR count). The van der Waals surface area contributed by atoms with Crippen LogP contribution in [0.2, 0.25) is 0 Å². The van der Waals surface area contributed by atoms with Gasteiger partial charge >= 0.3 is 0 Å². The van der Waals surface area contributed by atoms with Gasteiger partial charge in [0.15, 0.2) is 0 Å². The molecule has 0 aliphatic heterocycles. The molecule has 5 nitrogen and oxygen atoms in total. The minimum Gasteiger partial charge on any atom is -0.379 e. The van der Waals surface area contributed by atoms with Crippen LogP contribution in [0.15, 0.2) is 0 Å². The maximum Gasteiger partial charge on any atom is 0.135 e. The molecule has 0 amide bonds. The van der Waals surface area contributed by atoms with Crippen LogP contribution in [-0.2, 0) is 16.1 Å². The second-order valence-electron chi connectivity index (χ2n) is 4.35. The van der Waals surface area contributed by atoms with Crippen molar-refractivity contribution in [3.05, 3.63) is 5.69 Å². The molecule has 0 fully saturated rings. The number of anilines is 1. The lowest BCUT2D eigenvalue weighted by Crippen LogP contribution is -2.24. The highest BCUT2D eigenvalue weighted by Gasteiger charge is 2.16. The molecule has 98 valence electrons. The van der Waals surface area contributed by atoms with Crippen LogP contribution in [0.3, 0.4) is 0 Å². The summed E-state index contributed by atoms with van der Waals surface area (Å²) in [6, 6.07) is 0. The second kappa shape index (κ2) is 6.88. The molecule has 0 unspecified atom stereocenters. The van der Waals surface area contributed by atoms with Gasteiger partial charge in [0, 0.05) is 31.8 Å². The summed E-state index contributed by atoms with van der Waals surface area (Å²) < 4.78 is 14.8. The normalized spacial score (nSPS) is 11.8. The van der Waals surface area contributed by atoms with Gasteiger partial charge in [0.2, 0.25) is 0 Å². The van der Waals surface area contributed by atoms with E-state index < -0.39 is 0 Å². The lowest BCUT2D eigenvalue weighted by atomic mass is 10.1. The van der Waals surface area contributed by atoms with Crippen LogP contribution in [-0.4, -0.2) is 35.4 Å². The topological polar surface area (TPSA) is 56.3 Å². The smallest absolute Gasteiger partial charge is 0.135 e. The van der Waals surface area contributed by atoms with Crippen LogP contribution in [0.5, 0.6) is 0 Å². The van der Waals surface area contributed by atoms with Gasteiger partial charge in [-0.05, 0) is 27.2 Å². The van der Waals surface area contributed by atoms with E-state index in [2.05, 4.69) is 14.9 Å². The van der Waals surface area contributed by atoms with E-state index >= 15 is 0 Å². The van der Waals surface area contributed by atoms with E-state index in [4.69, 9.17) is 9.47 Å². The summed E-state index contributed by atoms with van der Waals surface area (Å²) in [7, 11) is 1.72. The van der Waals surface area contributed by atoms with Crippen LogP contribution in [0.4, 0.5) is 5.00 Å². The molecule has 0 spiro atoms. The molecular weight excluding hydrogens is 238 g/mol. The summed E-state index contributed by atoms with van der Waals surface area (Å²) in [5.74, 6) is 0. The number of rotatable bonds is 8. The number of aromatic nitrogens is 2. The van der Waals surface area contributed by atoms with E-state index in [1.807, 2.05) is 20.8 Å². The highest BCUT2D eigenvalue weighted by molar-refractivity contribution is 7.10. The van der Waals surface area contributed by atoms with Crippen molar-refractivity contribution >= 4 is 16.5 Å². The Morgan fingerprint density at radius 1 is 1.41 bits per heavy atom. The average molecular weight is 259 g/mol. The Bertz CT molecular complexity index is 328. The zero-order chi connectivity index (χ0) is 12.7. The standard InChI is InChI=1S/C11H21N3O2S/c1-5-12-10-9(13-14-17-10)8-16-7-6-11(2,3)15-4/h12H,5-8H2,1-4H3. The first kappa shape index (κ1) is 14.3. The van der Waals surface area contributed by atoms with Crippen LogP contribution < -0.4 is 5.32 Å². The lowest BCUT2D eigenvalue weighted by molar-refractivity contribution is -0.0127. The Labute approximate surface area is 107 Å². The molecule has 1 N–H and O–H groups in total. The van der Waals surface area contributed by atoms with E-state index in [9.17, 15) is 0 Å². The molecule has 17 heavy (non-hydrogen) atoms. The zero-order valence-corrected chi connectivity index (χ0v) is 11.8. The first-order chi connectivity index (χ1) is 8.09. The molecule has 0 saturated heterocycles. The number of methoxy groups -OCH3 is 1. The Morgan fingerprint density at radius 3 is 2.82 bits per heavy atom. The van der Waals surface area contributed by atoms with Gasteiger partial charge in [-0.15, -0.1) is 5.10 Å². The first-order valence-corrected chi connectivity index (χ1v) is 6.54. The Hall–Kier alpha value is -0.720. The number of hydrogen-bond donors (Lipinski definition) is 1. The van der Waals surface area contributed by atoms with Gasteiger partial charge in [0.1, 0.15) is 10.7 Å². The average Bonchev–Trinajstić information content (AvgIpc) is 2.73. The molecule has 1 aromatic heterocycles. The maximum atomic E-state index is 5.59. The molecule has 6 heteroatoms. The fraction of sp³-hybridized carbons (Fsp3) is 0.818. The summed E-state index contributed by atoms with van der Waals surface area (Å²) >= 11 is 1.37. The Kier molecular flexibility index (Phi) is 5.80. The fourth-order valence-corrected chi connectivity index (χ4v) is 1.82. The maximum absolute atomic E-state index is 5.59. The molecular formula is C11H21N3O2S. The number of ether oxygens (including phenoxy) is 2. The predicted octanol–water partition coefficient (Wildman–Crippen LogP) is 2.30. The van der Waals surface area contributed by atoms with Gasteiger partial charge in [-0.3, -0.25) is 0 Å². The second-order valence-corrected chi connectivity index (χ2v) is 5.10. The third-order valence-corrected chi connectivity index (χ3v) is 3.26. The minimum atomic E-state index is -0.134. The van der Waals surface area contributed by atoms with Gasteiger partial charge < -0.3 is 14.8 Å². The van der Waals surface area contributed by atoms with E-state index in [0.717, 1.165) is 23.7 Å². The van der Waals surface area contributed by atoms with Crippen molar-refractivity contribution in [3.63, 3.8) is 0 Å². The van der Waals surface area contributed by atoms with Crippen molar-refractivity contribution < 1.29 is 9.47 Å². The molecule has 0 aliphatic rings. The Balaban J connectivity index is 2.28. The third kappa shape index (κ3) is 4.97. The molecule has 1 heterocycles. The van der Waals surface area contributed by atoms with Crippen molar-refractivity contribution in [2.75, 3.05) is 25.6 Å². The predicted molar refractivity (Wildman–Crippen MR) is 69.4 cm³/mol. The van der Waals surface area contributed by atoms with Crippen molar-refractivity contribution in [2.24, 2.45) is 0 Å². The van der Waals surface area contributed by atoms with Gasteiger partial charge in [-0.2, -0.15) is 0 Å². The lowest BCUT2D eigenvalue weighted by Gasteiger charge is -2.22. The van der Waals surface area contributed by atoms with Crippen molar-refractivity contribution in [2.45, 2.75) is 39.4 Å². The van der Waals surface area contributed by atoms with Gasteiger partial charge in [0.25, 0.3) is 0 Å². The summed E-state index contributed by atoms with van der Waals surface area (Å²) in [4.78, 5) is 0. The van der Waals surface area contributed by atoms with Crippen LogP contribution in [0.1, 0.15) is 32.9 Å². The summed E-state index contributed by atoms with van der Waals surface area (Å²) in [6.07, 6.45) is 0.859. The van der Waals surface area contributed by atoms with E-state index in [-0.39, 0.29) is 5.60 Å². The third-order valence-electron chi connectivity index (χ3n) is 2.53. The molecule has 0 radical (unpaired) electrons. The molecule has 0 atom stereocenters. The number of hydrogen-bond acceptors (Lipinski definition) is 6. The summed E-state index contributed by atoms with van der Waals surface area (Å²) in [5, 5.41) is 8.25. The quantitative estimate of drug-likeness (QED) is 0.726. The molecule has 0 aliphatic carbocycles. The number of nitrogens with zero attached hydrogens (tertiary/aromatic N) is 2. The SMILES string of the molecule is CCNc1snnc1COCCC(C)(C)OC. The van der Waals surface area contributed by atoms with Gasteiger partial charge in [0.05, 0.1) is 12.2 Å². The fourth-order valence-electron chi connectivity index (χ4n) is 1.19. The van der Waals surface area contributed by atoms with Crippen LogP contribution >= 0.6 is 11.5 Å². The van der Waals surface area contributed by atoms with E-state index in [1.54, 1.807) is 7.11 Å². The van der Waals surface area contributed by atoms with Crippen LogP contribution in [0, 0.1) is 0 Å². The minimum absolute atomic E-state index is 0.134. The molecule has 0 aromatic carbocycles. The summed E-state index contributed by atoms with van der Waals surface area (Å²) in [5.41, 5.74) is 0.747. The van der Waals surface area contributed by atoms with Crippen molar-refractivity contribution in [3.8, 4) is 0 Å².